The van der Waals surface area contributed by atoms with E-state index in [1.54, 1.807) is 6.20 Å². The lowest BCUT2D eigenvalue weighted by atomic mass is 9.87. The fourth-order valence-corrected chi connectivity index (χ4v) is 2.05. The lowest BCUT2D eigenvalue weighted by Crippen LogP contribution is -2.52. The Morgan fingerprint density at radius 3 is 3.14 bits per heavy atom. The third-order valence-electron chi connectivity index (χ3n) is 2.72. The minimum absolute atomic E-state index is 0.0846. The zero-order valence-electron chi connectivity index (χ0n) is 8.36. The maximum Gasteiger partial charge on any atom is 0.256 e. The first kappa shape index (κ1) is 9.30. The molecule has 1 heterocycles. The molecule has 14 heavy (non-hydrogen) atoms. The zero-order valence-corrected chi connectivity index (χ0v) is 8.36. The number of rotatable bonds is 2. The quantitative estimate of drug-likeness (QED) is 0.733. The molecule has 1 aliphatic rings. The predicted molar refractivity (Wildman–Crippen MR) is 51.5 cm³/mol. The van der Waals surface area contributed by atoms with Crippen LogP contribution in [0.4, 0.5) is 5.88 Å². The largest absolute Gasteiger partial charge is 0.660 e. The molecule has 0 spiro atoms. The minimum Gasteiger partial charge on any atom is -0.660 e. The third kappa shape index (κ3) is 2.16. The standard InChI is InChI=1S/C9H16N4O/c1-7-3-2-4-8(5-7)11-13-6-9(10)14-12-13/h6-8,10H,2-5H2,1H3,(H,11,12). The summed E-state index contributed by atoms with van der Waals surface area (Å²) < 4.78 is 4.65. The van der Waals surface area contributed by atoms with E-state index in [9.17, 15) is 0 Å². The Hall–Kier alpha value is -1.26. The number of nitrogens with one attached hydrogen (secondary N) is 2. The molecule has 0 bridgehead atoms. The van der Waals surface area contributed by atoms with Gasteiger partial charge in [-0.2, -0.15) is 5.43 Å². The van der Waals surface area contributed by atoms with Crippen molar-refractivity contribution in [2.75, 3.05) is 5.43 Å². The van der Waals surface area contributed by atoms with Crippen molar-refractivity contribution >= 4 is 5.88 Å². The summed E-state index contributed by atoms with van der Waals surface area (Å²) in [6.07, 6.45) is 6.49. The van der Waals surface area contributed by atoms with Crippen LogP contribution in [-0.2, 0) is 0 Å². The molecule has 0 aromatic carbocycles. The monoisotopic (exact) mass is 196 g/mol. The van der Waals surface area contributed by atoms with Crippen LogP contribution in [0.2, 0.25) is 0 Å². The van der Waals surface area contributed by atoms with E-state index in [1.165, 1.54) is 30.5 Å². The molecular weight excluding hydrogens is 180 g/mol. The van der Waals surface area contributed by atoms with Gasteiger partial charge >= 0.3 is 0 Å². The van der Waals surface area contributed by atoms with Gasteiger partial charge in [0.2, 0.25) is 5.27 Å². The van der Waals surface area contributed by atoms with E-state index in [-0.39, 0.29) is 5.88 Å². The molecule has 1 aromatic heterocycles. The van der Waals surface area contributed by atoms with Crippen LogP contribution in [0.3, 0.4) is 0 Å². The summed E-state index contributed by atoms with van der Waals surface area (Å²) in [4.78, 5) is 1.50. The lowest BCUT2D eigenvalue weighted by molar-refractivity contribution is -0.722. The van der Waals surface area contributed by atoms with Crippen molar-refractivity contribution in [2.45, 2.75) is 38.6 Å². The highest BCUT2D eigenvalue weighted by atomic mass is 16.5. The molecular formula is C9H16N4O. The SMILES string of the molecule is CC1CCCC(N[n+]2cc([NH-])on2)C1. The zero-order chi connectivity index (χ0) is 9.97. The van der Waals surface area contributed by atoms with Gasteiger partial charge in [0.05, 0.1) is 10.8 Å². The lowest BCUT2D eigenvalue weighted by Gasteiger charge is -2.23. The Morgan fingerprint density at radius 2 is 2.50 bits per heavy atom. The van der Waals surface area contributed by atoms with E-state index in [2.05, 4.69) is 22.1 Å². The molecule has 2 rings (SSSR count). The summed E-state index contributed by atoms with van der Waals surface area (Å²) in [7, 11) is 0. The van der Waals surface area contributed by atoms with E-state index in [1.807, 2.05) is 0 Å². The minimum atomic E-state index is 0.0846. The van der Waals surface area contributed by atoms with Gasteiger partial charge in [0.15, 0.2) is 0 Å². The Morgan fingerprint density at radius 1 is 1.64 bits per heavy atom. The van der Waals surface area contributed by atoms with E-state index >= 15 is 0 Å². The van der Waals surface area contributed by atoms with Crippen LogP contribution in [0.5, 0.6) is 0 Å². The van der Waals surface area contributed by atoms with Crippen LogP contribution in [-0.4, -0.2) is 11.3 Å². The predicted octanol–water partition coefficient (Wildman–Crippen LogP) is 1.77. The molecule has 1 saturated carbocycles. The van der Waals surface area contributed by atoms with E-state index in [4.69, 9.17) is 5.73 Å². The van der Waals surface area contributed by atoms with Gasteiger partial charge in [0, 0.05) is 0 Å². The van der Waals surface area contributed by atoms with Crippen LogP contribution in [0.25, 0.3) is 5.73 Å². The summed E-state index contributed by atoms with van der Waals surface area (Å²) in [5.41, 5.74) is 10.4. The molecule has 0 amide bonds. The highest BCUT2D eigenvalue weighted by Gasteiger charge is 2.22. The summed E-state index contributed by atoms with van der Waals surface area (Å²) in [5.74, 6) is 0.866. The molecule has 1 aromatic rings. The average Bonchev–Trinajstić information content (AvgIpc) is 2.51. The van der Waals surface area contributed by atoms with E-state index < -0.39 is 0 Å². The number of hydrogen-bond acceptors (Lipinski definition) is 3. The molecule has 1 aliphatic carbocycles. The maximum atomic E-state index is 7.18. The van der Waals surface area contributed by atoms with Gasteiger partial charge in [0.1, 0.15) is 5.88 Å². The molecule has 0 saturated heterocycles. The second-order valence-corrected chi connectivity index (χ2v) is 4.11. The number of aromatic nitrogens is 2. The number of hydrogen-bond donors (Lipinski definition) is 1. The number of nitrogens with zero attached hydrogens (tertiary/aromatic N) is 2. The fourth-order valence-electron chi connectivity index (χ4n) is 2.05. The van der Waals surface area contributed by atoms with Crippen LogP contribution in [0.15, 0.2) is 10.7 Å². The smallest absolute Gasteiger partial charge is 0.256 e. The molecule has 0 aliphatic heterocycles. The molecule has 2 N–H and O–H groups in total. The third-order valence-corrected chi connectivity index (χ3v) is 2.72. The summed E-state index contributed by atoms with van der Waals surface area (Å²) in [6.45, 7) is 2.28. The summed E-state index contributed by atoms with van der Waals surface area (Å²) in [6, 6.07) is 0.466. The Kier molecular flexibility index (Phi) is 2.56. The van der Waals surface area contributed by atoms with E-state index in [0.29, 0.717) is 6.04 Å². The first-order valence-electron chi connectivity index (χ1n) is 5.11. The fraction of sp³-hybridized carbons (Fsp3) is 0.778. The molecule has 2 unspecified atom stereocenters. The van der Waals surface area contributed by atoms with Gasteiger partial charge in [0.25, 0.3) is 6.20 Å². The molecule has 5 nitrogen and oxygen atoms in total. The normalized spacial score (nSPS) is 27.5. The van der Waals surface area contributed by atoms with E-state index in [0.717, 1.165) is 5.92 Å². The molecule has 1 fully saturated rings. The van der Waals surface area contributed by atoms with Crippen molar-refractivity contribution in [1.82, 2.24) is 5.27 Å². The second kappa shape index (κ2) is 3.86. The van der Waals surface area contributed by atoms with Crippen LogP contribution < -0.4 is 10.2 Å². The van der Waals surface area contributed by atoms with Crippen LogP contribution >= 0.6 is 0 Å². The van der Waals surface area contributed by atoms with Gasteiger partial charge < -0.3 is 10.3 Å². The van der Waals surface area contributed by atoms with Crippen molar-refractivity contribution < 1.29 is 9.31 Å². The molecule has 0 radical (unpaired) electrons. The average molecular weight is 196 g/mol. The Labute approximate surface area is 83.2 Å². The highest BCUT2D eigenvalue weighted by molar-refractivity contribution is 5.19. The van der Waals surface area contributed by atoms with Crippen LogP contribution in [0.1, 0.15) is 32.6 Å². The first-order valence-corrected chi connectivity index (χ1v) is 5.11. The van der Waals surface area contributed by atoms with Crippen molar-refractivity contribution in [1.29, 1.82) is 0 Å². The van der Waals surface area contributed by atoms with Gasteiger partial charge in [-0.3, -0.25) is 0 Å². The van der Waals surface area contributed by atoms with Gasteiger partial charge in [-0.25, -0.2) is 0 Å². The molecule has 78 valence electrons. The van der Waals surface area contributed by atoms with Crippen molar-refractivity contribution in [3.05, 3.63) is 11.9 Å². The van der Waals surface area contributed by atoms with Gasteiger partial charge in [-0.05, 0) is 18.8 Å². The summed E-state index contributed by atoms with van der Waals surface area (Å²) >= 11 is 0. The molecule has 2 atom stereocenters. The van der Waals surface area contributed by atoms with Crippen molar-refractivity contribution in [2.24, 2.45) is 5.92 Å². The topological polar surface area (TPSA) is 65.7 Å². The summed E-state index contributed by atoms with van der Waals surface area (Å²) in [5, 5.41) is 3.68. The van der Waals surface area contributed by atoms with Crippen molar-refractivity contribution in [3.8, 4) is 0 Å². The second-order valence-electron chi connectivity index (χ2n) is 4.11. The highest BCUT2D eigenvalue weighted by Crippen LogP contribution is 2.23. The molecule has 5 heteroatoms. The van der Waals surface area contributed by atoms with Gasteiger partial charge in [-0.15, -0.1) is 0 Å². The Bertz CT molecular complexity index is 299. The van der Waals surface area contributed by atoms with Gasteiger partial charge in [-0.1, -0.05) is 19.8 Å². The maximum absolute atomic E-state index is 7.18. The Balaban J connectivity index is 1.90. The van der Waals surface area contributed by atoms with Crippen LogP contribution in [0, 0.1) is 5.92 Å². The van der Waals surface area contributed by atoms with Crippen molar-refractivity contribution in [3.63, 3.8) is 0 Å². The first-order chi connectivity index (χ1) is 6.74.